The van der Waals surface area contributed by atoms with Crippen LogP contribution < -0.4 is 10.5 Å². The number of rotatable bonds is 3. The third kappa shape index (κ3) is 3.17. The van der Waals surface area contributed by atoms with Crippen LogP contribution in [0.4, 0.5) is 5.69 Å². The van der Waals surface area contributed by atoms with Crippen LogP contribution in [-0.4, -0.2) is 24.7 Å². The molecule has 2 aromatic rings. The molecule has 1 aromatic heterocycles. The molecule has 1 heterocycles. The monoisotopic (exact) mass is 290 g/mol. The summed E-state index contributed by atoms with van der Waals surface area (Å²) in [6.07, 6.45) is 2.72. The van der Waals surface area contributed by atoms with Crippen molar-refractivity contribution < 1.29 is 8.42 Å². The zero-order valence-corrected chi connectivity index (χ0v) is 11.7. The second-order valence-corrected chi connectivity index (χ2v) is 5.69. The molecule has 7 heteroatoms. The Bertz CT molecular complexity index is 769. The fraction of sp³-hybridized carbons (Fsp3) is 0.154. The Balaban J connectivity index is 2.35. The Hall–Kier alpha value is -2.30. The van der Waals surface area contributed by atoms with Gasteiger partial charge in [-0.1, -0.05) is 24.0 Å². The van der Waals surface area contributed by atoms with Crippen LogP contribution in [0, 0.1) is 11.8 Å². The predicted molar refractivity (Wildman–Crippen MR) is 76.4 cm³/mol. The maximum absolute atomic E-state index is 12.2. The summed E-state index contributed by atoms with van der Waals surface area (Å²) in [5.41, 5.74) is 6.31. The second kappa shape index (κ2) is 5.77. The molecule has 0 saturated carbocycles. The molecule has 0 amide bonds. The van der Waals surface area contributed by atoms with Crippen molar-refractivity contribution >= 4 is 15.7 Å². The zero-order chi connectivity index (χ0) is 14.6. The Labute approximate surface area is 117 Å². The molecule has 0 radical (unpaired) electrons. The average Bonchev–Trinajstić information content (AvgIpc) is 2.85. The van der Waals surface area contributed by atoms with Crippen molar-refractivity contribution in [2.45, 2.75) is 4.90 Å². The van der Waals surface area contributed by atoms with Gasteiger partial charge in [0.15, 0.2) is 0 Å². The molecule has 0 spiro atoms. The van der Waals surface area contributed by atoms with Gasteiger partial charge in [0.2, 0.25) is 0 Å². The number of aryl methyl sites for hydroxylation is 1. The highest BCUT2D eigenvalue weighted by molar-refractivity contribution is 7.92. The van der Waals surface area contributed by atoms with Crippen molar-refractivity contribution in [3.05, 3.63) is 42.2 Å². The maximum atomic E-state index is 12.2. The fourth-order valence-electron chi connectivity index (χ4n) is 1.57. The van der Waals surface area contributed by atoms with Crippen LogP contribution in [0.5, 0.6) is 0 Å². The highest BCUT2D eigenvalue weighted by Crippen LogP contribution is 2.18. The van der Waals surface area contributed by atoms with Gasteiger partial charge in [-0.25, -0.2) is 8.42 Å². The van der Waals surface area contributed by atoms with E-state index in [0.29, 0.717) is 11.3 Å². The summed E-state index contributed by atoms with van der Waals surface area (Å²) < 4.78 is 28.3. The van der Waals surface area contributed by atoms with Gasteiger partial charge in [0, 0.05) is 18.8 Å². The maximum Gasteiger partial charge on any atom is 0.265 e. The minimum atomic E-state index is -3.67. The van der Waals surface area contributed by atoms with Crippen molar-refractivity contribution in [2.75, 3.05) is 11.3 Å². The summed E-state index contributed by atoms with van der Waals surface area (Å²) >= 11 is 0. The van der Waals surface area contributed by atoms with Gasteiger partial charge in [-0.15, -0.1) is 0 Å². The highest BCUT2D eigenvalue weighted by Gasteiger charge is 2.17. The van der Waals surface area contributed by atoms with E-state index in [-0.39, 0.29) is 11.4 Å². The standard InChI is InChI=1S/C13H14N4O2S/c1-17-10-12(9-15-17)20(18,19)16-13-7-3-2-5-11(13)6-4-8-14/h2-3,5,7,9-10,16H,8,14H2,1H3. The number of sulfonamides is 1. The molecule has 0 bridgehead atoms. The van der Waals surface area contributed by atoms with Gasteiger partial charge in [0.1, 0.15) is 4.90 Å². The molecule has 0 saturated heterocycles. The minimum absolute atomic E-state index is 0.0987. The molecule has 0 aliphatic carbocycles. The van der Waals surface area contributed by atoms with E-state index in [0.717, 1.165) is 0 Å². The van der Waals surface area contributed by atoms with E-state index < -0.39 is 10.0 Å². The fourth-order valence-corrected chi connectivity index (χ4v) is 2.63. The lowest BCUT2D eigenvalue weighted by Crippen LogP contribution is -2.13. The first-order chi connectivity index (χ1) is 9.53. The van der Waals surface area contributed by atoms with Crippen molar-refractivity contribution in [1.29, 1.82) is 0 Å². The van der Waals surface area contributed by atoms with Crippen LogP contribution in [0.3, 0.4) is 0 Å². The average molecular weight is 290 g/mol. The quantitative estimate of drug-likeness (QED) is 0.807. The van der Waals surface area contributed by atoms with Gasteiger partial charge in [-0.3, -0.25) is 9.40 Å². The Morgan fingerprint density at radius 1 is 1.40 bits per heavy atom. The lowest BCUT2D eigenvalue weighted by atomic mass is 10.2. The summed E-state index contributed by atoms with van der Waals surface area (Å²) in [6.45, 7) is 0.212. The molecule has 6 nitrogen and oxygen atoms in total. The Morgan fingerprint density at radius 3 is 2.80 bits per heavy atom. The topological polar surface area (TPSA) is 90.0 Å². The van der Waals surface area contributed by atoms with Gasteiger partial charge in [-0.05, 0) is 12.1 Å². The first kappa shape index (κ1) is 14.1. The van der Waals surface area contributed by atoms with Crippen molar-refractivity contribution in [3.63, 3.8) is 0 Å². The van der Waals surface area contributed by atoms with Crippen LogP contribution in [0.2, 0.25) is 0 Å². The number of para-hydroxylation sites is 1. The second-order valence-electron chi connectivity index (χ2n) is 4.01. The lowest BCUT2D eigenvalue weighted by molar-refractivity contribution is 0.601. The lowest BCUT2D eigenvalue weighted by Gasteiger charge is -2.08. The molecule has 2 rings (SSSR count). The number of hydrogen-bond acceptors (Lipinski definition) is 4. The molecular weight excluding hydrogens is 276 g/mol. The zero-order valence-electron chi connectivity index (χ0n) is 10.9. The number of nitrogens with two attached hydrogens (primary N) is 1. The largest absolute Gasteiger partial charge is 0.320 e. The summed E-state index contributed by atoms with van der Waals surface area (Å²) in [5.74, 6) is 5.53. The summed E-state index contributed by atoms with van der Waals surface area (Å²) in [5, 5.41) is 3.85. The Morgan fingerprint density at radius 2 is 2.15 bits per heavy atom. The van der Waals surface area contributed by atoms with Crippen molar-refractivity contribution in [2.24, 2.45) is 12.8 Å². The number of anilines is 1. The van der Waals surface area contributed by atoms with E-state index in [4.69, 9.17) is 5.73 Å². The molecule has 0 atom stereocenters. The van der Waals surface area contributed by atoms with E-state index in [2.05, 4.69) is 21.7 Å². The molecule has 104 valence electrons. The molecule has 3 N–H and O–H groups in total. The van der Waals surface area contributed by atoms with E-state index in [1.807, 2.05) is 0 Å². The van der Waals surface area contributed by atoms with Crippen LogP contribution in [0.1, 0.15) is 5.56 Å². The summed E-state index contributed by atoms with van der Waals surface area (Å²) in [6, 6.07) is 6.88. The first-order valence-corrected chi connectivity index (χ1v) is 7.30. The van der Waals surface area contributed by atoms with Gasteiger partial charge in [0.05, 0.1) is 18.4 Å². The minimum Gasteiger partial charge on any atom is -0.320 e. The highest BCUT2D eigenvalue weighted by atomic mass is 32.2. The van der Waals surface area contributed by atoms with Gasteiger partial charge < -0.3 is 5.73 Å². The number of benzene rings is 1. The van der Waals surface area contributed by atoms with Gasteiger partial charge in [0.25, 0.3) is 10.0 Å². The summed E-state index contributed by atoms with van der Waals surface area (Å²) in [7, 11) is -2.02. The van der Waals surface area contributed by atoms with E-state index in [9.17, 15) is 8.42 Å². The van der Waals surface area contributed by atoms with Crippen LogP contribution in [0.25, 0.3) is 0 Å². The number of nitrogens with one attached hydrogen (secondary N) is 1. The van der Waals surface area contributed by atoms with Crippen molar-refractivity contribution in [3.8, 4) is 11.8 Å². The summed E-state index contributed by atoms with van der Waals surface area (Å²) in [4.78, 5) is 0.0987. The molecule has 0 aliphatic rings. The number of aromatic nitrogens is 2. The molecule has 0 aliphatic heterocycles. The predicted octanol–water partition coefficient (Wildman–Crippen LogP) is 0.531. The number of hydrogen-bond donors (Lipinski definition) is 2. The van der Waals surface area contributed by atoms with E-state index in [1.54, 1.807) is 31.3 Å². The molecule has 0 fully saturated rings. The van der Waals surface area contributed by atoms with Gasteiger partial charge in [-0.2, -0.15) is 5.10 Å². The Kier molecular flexibility index (Phi) is 4.08. The van der Waals surface area contributed by atoms with E-state index >= 15 is 0 Å². The van der Waals surface area contributed by atoms with Crippen molar-refractivity contribution in [1.82, 2.24) is 9.78 Å². The molecule has 0 unspecified atom stereocenters. The van der Waals surface area contributed by atoms with Crippen LogP contribution in [-0.2, 0) is 17.1 Å². The third-order valence-electron chi connectivity index (χ3n) is 2.49. The van der Waals surface area contributed by atoms with E-state index in [1.165, 1.54) is 17.1 Å². The third-order valence-corrected chi connectivity index (χ3v) is 3.81. The molecular formula is C13H14N4O2S. The smallest absolute Gasteiger partial charge is 0.265 e. The van der Waals surface area contributed by atoms with Crippen LogP contribution in [0.15, 0.2) is 41.6 Å². The van der Waals surface area contributed by atoms with Gasteiger partial charge >= 0.3 is 0 Å². The normalized spacial score (nSPS) is 10.7. The first-order valence-electron chi connectivity index (χ1n) is 5.82. The van der Waals surface area contributed by atoms with Crippen LogP contribution >= 0.6 is 0 Å². The molecule has 20 heavy (non-hydrogen) atoms. The number of nitrogens with zero attached hydrogens (tertiary/aromatic N) is 2. The SMILES string of the molecule is Cn1cc(S(=O)(=O)Nc2ccccc2C#CCN)cn1. The molecule has 1 aromatic carbocycles.